The summed E-state index contributed by atoms with van der Waals surface area (Å²) in [7, 11) is 0. The molecule has 0 aliphatic carbocycles. The number of hydrazine groups is 1. The number of carbonyl (C=O) groups excluding carboxylic acids is 1. The molecule has 8 heteroatoms. The molecule has 0 saturated heterocycles. The van der Waals surface area contributed by atoms with E-state index >= 15 is 0 Å². The smallest absolute Gasteiger partial charge is 0.287 e. The van der Waals surface area contributed by atoms with Gasteiger partial charge in [-0.05, 0) is 0 Å². The molecule has 0 unspecified atom stereocenters. The van der Waals surface area contributed by atoms with Gasteiger partial charge in [-0.2, -0.15) is 0 Å². The van der Waals surface area contributed by atoms with Crippen LogP contribution >= 0.6 is 11.8 Å². The van der Waals surface area contributed by atoms with Crippen molar-refractivity contribution in [3.8, 4) is 0 Å². The Morgan fingerprint density at radius 2 is 2.56 bits per heavy atom. The van der Waals surface area contributed by atoms with Crippen molar-refractivity contribution in [2.45, 2.75) is 10.9 Å². The van der Waals surface area contributed by atoms with Crippen molar-refractivity contribution in [3.63, 3.8) is 0 Å². The van der Waals surface area contributed by atoms with E-state index in [4.69, 9.17) is 10.4 Å². The molecule has 2 rings (SSSR count). The van der Waals surface area contributed by atoms with E-state index in [0.717, 1.165) is 5.16 Å². The monoisotopic (exact) mass is 239 g/mol. The number of imidazole rings is 1. The van der Waals surface area contributed by atoms with Crippen LogP contribution in [0.2, 0.25) is 0 Å². The van der Waals surface area contributed by atoms with Crippen LogP contribution in [0.3, 0.4) is 0 Å². The van der Waals surface area contributed by atoms with Gasteiger partial charge in [-0.1, -0.05) is 16.9 Å². The highest BCUT2D eigenvalue weighted by atomic mass is 32.2. The average molecular weight is 239 g/mol. The number of aromatic nitrogens is 3. The predicted octanol–water partition coefficient (Wildman–Crippen LogP) is 0.293. The third-order valence-corrected chi connectivity index (χ3v) is 2.67. The minimum absolute atomic E-state index is 0.164. The zero-order valence-corrected chi connectivity index (χ0v) is 8.95. The molecule has 0 aliphatic rings. The van der Waals surface area contributed by atoms with Crippen LogP contribution in [0.5, 0.6) is 0 Å². The number of aromatic amines is 1. The number of rotatable bonds is 4. The Kier molecular flexibility index (Phi) is 3.22. The summed E-state index contributed by atoms with van der Waals surface area (Å²) in [6.45, 7) is 0. The van der Waals surface area contributed by atoms with E-state index in [1.165, 1.54) is 17.8 Å². The molecule has 0 aliphatic heterocycles. The highest BCUT2D eigenvalue weighted by Gasteiger charge is 2.11. The fourth-order valence-electron chi connectivity index (χ4n) is 1.03. The molecule has 0 bridgehead atoms. The maximum atomic E-state index is 11.1. The maximum absolute atomic E-state index is 11.1. The Morgan fingerprint density at radius 1 is 1.69 bits per heavy atom. The normalized spacial score (nSPS) is 10.3. The Hall–Kier alpha value is -1.80. The number of H-pyrrole nitrogens is 1. The standard InChI is InChI=1S/C8H9N5O2S/c9-12-7(14)6-3-5(15-13-6)4-16-8-10-1-2-11-8/h1-3H,4,9H2,(H,10,11)(H,12,14). The molecule has 2 heterocycles. The van der Waals surface area contributed by atoms with Crippen molar-refractivity contribution in [2.75, 3.05) is 0 Å². The average Bonchev–Trinajstić information content (AvgIpc) is 2.96. The lowest BCUT2D eigenvalue weighted by Crippen LogP contribution is -2.30. The van der Waals surface area contributed by atoms with Gasteiger partial charge in [0.15, 0.2) is 10.9 Å². The summed E-state index contributed by atoms with van der Waals surface area (Å²) in [5.41, 5.74) is 2.14. The number of carbonyl (C=O) groups is 1. The van der Waals surface area contributed by atoms with Gasteiger partial charge >= 0.3 is 0 Å². The van der Waals surface area contributed by atoms with E-state index in [1.807, 2.05) is 5.43 Å². The van der Waals surface area contributed by atoms with Crippen LogP contribution in [0.15, 0.2) is 28.1 Å². The number of nitrogens with zero attached hydrogens (tertiary/aromatic N) is 2. The molecule has 0 spiro atoms. The van der Waals surface area contributed by atoms with E-state index in [2.05, 4.69) is 15.1 Å². The molecule has 0 aromatic carbocycles. The largest absolute Gasteiger partial charge is 0.360 e. The fourth-order valence-corrected chi connectivity index (χ4v) is 1.73. The van der Waals surface area contributed by atoms with Crippen LogP contribution in [0.1, 0.15) is 16.2 Å². The second-order valence-electron chi connectivity index (χ2n) is 2.83. The number of nitrogens with one attached hydrogen (secondary N) is 2. The Bertz CT molecular complexity index is 466. The first-order valence-corrected chi connectivity index (χ1v) is 5.37. The van der Waals surface area contributed by atoms with Crippen LogP contribution < -0.4 is 11.3 Å². The molecule has 0 saturated carbocycles. The van der Waals surface area contributed by atoms with Crippen LogP contribution in [-0.4, -0.2) is 21.0 Å². The van der Waals surface area contributed by atoms with E-state index in [-0.39, 0.29) is 5.69 Å². The van der Waals surface area contributed by atoms with Gasteiger partial charge in [0.2, 0.25) is 0 Å². The number of thioether (sulfide) groups is 1. The Labute approximate surface area is 94.8 Å². The van der Waals surface area contributed by atoms with E-state index in [9.17, 15) is 4.79 Å². The molecule has 2 aromatic rings. The summed E-state index contributed by atoms with van der Waals surface area (Å²) >= 11 is 1.45. The predicted molar refractivity (Wildman–Crippen MR) is 56.3 cm³/mol. The quantitative estimate of drug-likeness (QED) is 0.306. The van der Waals surface area contributed by atoms with Crippen molar-refractivity contribution >= 4 is 17.7 Å². The molecule has 0 fully saturated rings. The lowest BCUT2D eigenvalue weighted by Gasteiger charge is -1.91. The van der Waals surface area contributed by atoms with Crippen molar-refractivity contribution in [1.29, 1.82) is 0 Å². The minimum Gasteiger partial charge on any atom is -0.360 e. The Morgan fingerprint density at radius 3 is 3.25 bits per heavy atom. The topological polar surface area (TPSA) is 110 Å². The molecular weight excluding hydrogens is 230 g/mol. The third kappa shape index (κ3) is 2.41. The number of hydrogen-bond donors (Lipinski definition) is 3. The van der Waals surface area contributed by atoms with E-state index in [1.54, 1.807) is 12.4 Å². The van der Waals surface area contributed by atoms with Crippen LogP contribution in [0.4, 0.5) is 0 Å². The fraction of sp³-hybridized carbons (Fsp3) is 0.125. The number of hydrogen-bond acceptors (Lipinski definition) is 6. The van der Waals surface area contributed by atoms with Gasteiger partial charge in [0.05, 0.1) is 5.75 Å². The van der Waals surface area contributed by atoms with Gasteiger partial charge in [-0.25, -0.2) is 10.8 Å². The lowest BCUT2D eigenvalue weighted by atomic mass is 10.4. The molecular formula is C8H9N5O2S. The molecule has 2 aromatic heterocycles. The SMILES string of the molecule is NNC(=O)c1cc(CSc2ncc[nH]2)on1. The molecule has 4 N–H and O–H groups in total. The number of nitrogens with two attached hydrogens (primary N) is 1. The van der Waals surface area contributed by atoms with Crippen molar-refractivity contribution in [2.24, 2.45) is 5.84 Å². The van der Waals surface area contributed by atoms with Gasteiger partial charge in [-0.3, -0.25) is 10.2 Å². The summed E-state index contributed by atoms with van der Waals surface area (Å²) in [5, 5.41) is 4.35. The molecule has 0 radical (unpaired) electrons. The highest BCUT2D eigenvalue weighted by Crippen LogP contribution is 2.18. The van der Waals surface area contributed by atoms with Crippen molar-refractivity contribution in [3.05, 3.63) is 29.9 Å². The first kappa shape index (κ1) is 10.7. The molecule has 1 amide bonds. The molecule has 0 atom stereocenters. The zero-order valence-electron chi connectivity index (χ0n) is 8.14. The van der Waals surface area contributed by atoms with Crippen LogP contribution in [-0.2, 0) is 5.75 Å². The summed E-state index contributed by atoms with van der Waals surface area (Å²) in [6.07, 6.45) is 3.39. The summed E-state index contributed by atoms with van der Waals surface area (Å²) in [4.78, 5) is 18.0. The van der Waals surface area contributed by atoms with Gasteiger partial charge in [-0.15, -0.1) is 0 Å². The van der Waals surface area contributed by atoms with Gasteiger partial charge in [0.25, 0.3) is 5.91 Å². The summed E-state index contributed by atoms with van der Waals surface area (Å²) in [6, 6.07) is 1.54. The summed E-state index contributed by atoms with van der Waals surface area (Å²) < 4.78 is 4.96. The van der Waals surface area contributed by atoms with Crippen LogP contribution in [0, 0.1) is 0 Å². The zero-order chi connectivity index (χ0) is 11.4. The second kappa shape index (κ2) is 4.81. The van der Waals surface area contributed by atoms with Gasteiger partial charge in [0, 0.05) is 18.5 Å². The first-order valence-electron chi connectivity index (χ1n) is 4.38. The highest BCUT2D eigenvalue weighted by molar-refractivity contribution is 7.98. The van der Waals surface area contributed by atoms with Crippen molar-refractivity contribution < 1.29 is 9.32 Å². The Balaban J connectivity index is 1.95. The van der Waals surface area contributed by atoms with E-state index in [0.29, 0.717) is 11.5 Å². The third-order valence-electron chi connectivity index (χ3n) is 1.75. The number of amides is 1. The van der Waals surface area contributed by atoms with Crippen LogP contribution in [0.25, 0.3) is 0 Å². The second-order valence-corrected chi connectivity index (χ2v) is 3.80. The minimum atomic E-state index is -0.474. The lowest BCUT2D eigenvalue weighted by molar-refractivity contribution is 0.0944. The maximum Gasteiger partial charge on any atom is 0.287 e. The van der Waals surface area contributed by atoms with Gasteiger partial charge < -0.3 is 9.51 Å². The van der Waals surface area contributed by atoms with E-state index < -0.39 is 5.91 Å². The van der Waals surface area contributed by atoms with Crippen molar-refractivity contribution in [1.82, 2.24) is 20.6 Å². The van der Waals surface area contributed by atoms with Gasteiger partial charge in [0.1, 0.15) is 5.76 Å². The molecule has 16 heavy (non-hydrogen) atoms. The first-order chi connectivity index (χ1) is 7.79. The summed E-state index contributed by atoms with van der Waals surface area (Å²) in [5.74, 6) is 5.61. The molecule has 7 nitrogen and oxygen atoms in total. The molecule has 84 valence electrons. The number of nitrogen functional groups attached to an aromatic ring is 1.